The first-order valence-electron chi connectivity index (χ1n) is 6.56. The number of aliphatic hydroxyl groups is 1. The Morgan fingerprint density at radius 1 is 1.37 bits per heavy atom. The summed E-state index contributed by atoms with van der Waals surface area (Å²) in [5.74, 6) is 0.561. The lowest BCUT2D eigenvalue weighted by Gasteiger charge is -2.19. The van der Waals surface area contributed by atoms with Crippen molar-refractivity contribution in [1.82, 2.24) is 4.90 Å². The minimum atomic E-state index is -0.109. The number of carbonyl (C=O) groups excluding carboxylic acids is 1. The summed E-state index contributed by atoms with van der Waals surface area (Å²) in [6.45, 7) is 5.94. The number of rotatable bonds is 8. The average molecular weight is 266 g/mol. The number of likely N-dealkylation sites (N-methyl/N-ethyl adjacent to an activating group) is 1. The number of ether oxygens (including phenoxy) is 1. The predicted octanol–water partition coefficient (Wildman–Crippen LogP) is 1.34. The van der Waals surface area contributed by atoms with Crippen LogP contribution in [0.3, 0.4) is 0 Å². The van der Waals surface area contributed by atoms with Gasteiger partial charge in [0.15, 0.2) is 0 Å². The minimum absolute atomic E-state index is 0.0522. The van der Waals surface area contributed by atoms with Crippen LogP contribution in [0.4, 0.5) is 5.69 Å². The molecule has 5 nitrogen and oxygen atoms in total. The molecule has 0 aliphatic carbocycles. The summed E-state index contributed by atoms with van der Waals surface area (Å²) in [6, 6.07) is 7.35. The fourth-order valence-corrected chi connectivity index (χ4v) is 1.73. The molecule has 0 atom stereocenters. The number of benzene rings is 1. The van der Waals surface area contributed by atoms with Crippen LogP contribution in [-0.4, -0.2) is 48.8 Å². The zero-order valence-corrected chi connectivity index (χ0v) is 11.6. The van der Waals surface area contributed by atoms with E-state index in [-0.39, 0.29) is 19.1 Å². The van der Waals surface area contributed by atoms with Gasteiger partial charge in [-0.05, 0) is 25.6 Å². The van der Waals surface area contributed by atoms with Crippen molar-refractivity contribution in [2.75, 3.05) is 38.2 Å². The lowest BCUT2D eigenvalue weighted by atomic mass is 10.3. The predicted molar refractivity (Wildman–Crippen MR) is 75.4 cm³/mol. The second kappa shape index (κ2) is 8.50. The maximum Gasteiger partial charge on any atom is 0.238 e. The van der Waals surface area contributed by atoms with Crippen LogP contribution in [0.15, 0.2) is 24.3 Å². The van der Waals surface area contributed by atoms with Crippen LogP contribution in [0.1, 0.15) is 13.8 Å². The van der Waals surface area contributed by atoms with Crippen molar-refractivity contribution in [1.29, 1.82) is 0 Å². The van der Waals surface area contributed by atoms with E-state index in [1.807, 2.05) is 43.0 Å². The van der Waals surface area contributed by atoms with E-state index in [4.69, 9.17) is 9.84 Å². The van der Waals surface area contributed by atoms with Gasteiger partial charge in [-0.2, -0.15) is 0 Å². The molecule has 0 aromatic heterocycles. The number of carbonyl (C=O) groups is 1. The minimum Gasteiger partial charge on any atom is -0.492 e. The molecule has 0 spiro atoms. The van der Waals surface area contributed by atoms with Crippen molar-refractivity contribution >= 4 is 11.6 Å². The fourth-order valence-electron chi connectivity index (χ4n) is 1.73. The molecule has 0 radical (unpaired) electrons. The summed E-state index contributed by atoms with van der Waals surface area (Å²) in [7, 11) is 0. The van der Waals surface area contributed by atoms with Gasteiger partial charge in [-0.1, -0.05) is 19.1 Å². The lowest BCUT2D eigenvalue weighted by Crippen LogP contribution is -2.35. The number of nitrogens with zero attached hydrogens (tertiary/aromatic N) is 1. The fraction of sp³-hybridized carbons (Fsp3) is 0.500. The topological polar surface area (TPSA) is 61.8 Å². The van der Waals surface area contributed by atoms with E-state index >= 15 is 0 Å². The van der Waals surface area contributed by atoms with Gasteiger partial charge in [-0.3, -0.25) is 9.69 Å². The zero-order valence-electron chi connectivity index (χ0n) is 11.6. The maximum absolute atomic E-state index is 11.9. The van der Waals surface area contributed by atoms with Gasteiger partial charge >= 0.3 is 0 Å². The molecule has 0 fully saturated rings. The molecule has 0 unspecified atom stereocenters. The lowest BCUT2D eigenvalue weighted by molar-refractivity contribution is -0.117. The van der Waals surface area contributed by atoms with E-state index in [1.54, 1.807) is 0 Å². The first-order chi connectivity index (χ1) is 9.21. The molecule has 0 bridgehead atoms. The van der Waals surface area contributed by atoms with Crippen LogP contribution in [0.2, 0.25) is 0 Å². The van der Waals surface area contributed by atoms with E-state index in [2.05, 4.69) is 5.32 Å². The van der Waals surface area contributed by atoms with Crippen LogP contribution < -0.4 is 10.1 Å². The first-order valence-corrected chi connectivity index (χ1v) is 6.56. The SMILES string of the molecule is CCOc1ccccc1NC(=O)CN(CC)CCO. The Labute approximate surface area is 114 Å². The van der Waals surface area contributed by atoms with Crippen molar-refractivity contribution in [3.63, 3.8) is 0 Å². The Bertz CT molecular complexity index is 396. The van der Waals surface area contributed by atoms with Gasteiger partial charge in [0.05, 0.1) is 25.4 Å². The number of hydrogen-bond donors (Lipinski definition) is 2. The van der Waals surface area contributed by atoms with Crippen molar-refractivity contribution in [3.8, 4) is 5.75 Å². The van der Waals surface area contributed by atoms with Crippen LogP contribution in [0.5, 0.6) is 5.75 Å². The number of nitrogens with one attached hydrogen (secondary N) is 1. The standard InChI is InChI=1S/C14H22N2O3/c1-3-16(9-10-17)11-14(18)15-12-7-5-6-8-13(12)19-4-2/h5-8,17H,3-4,9-11H2,1-2H3,(H,15,18). The Balaban J connectivity index is 2.61. The molecule has 0 heterocycles. The quantitative estimate of drug-likeness (QED) is 0.745. The molecule has 106 valence electrons. The first kappa shape index (κ1) is 15.5. The van der Waals surface area contributed by atoms with Gasteiger partial charge in [0, 0.05) is 6.54 Å². The molecule has 0 aliphatic rings. The van der Waals surface area contributed by atoms with Crippen LogP contribution in [-0.2, 0) is 4.79 Å². The number of hydrogen-bond acceptors (Lipinski definition) is 4. The number of anilines is 1. The summed E-state index contributed by atoms with van der Waals surface area (Å²) in [5.41, 5.74) is 0.675. The molecule has 19 heavy (non-hydrogen) atoms. The highest BCUT2D eigenvalue weighted by atomic mass is 16.5. The van der Waals surface area contributed by atoms with Crippen molar-refractivity contribution < 1.29 is 14.6 Å². The third-order valence-electron chi connectivity index (χ3n) is 2.69. The van der Waals surface area contributed by atoms with Gasteiger partial charge < -0.3 is 15.2 Å². The highest BCUT2D eigenvalue weighted by Crippen LogP contribution is 2.23. The summed E-state index contributed by atoms with van der Waals surface area (Å²) in [6.07, 6.45) is 0. The third-order valence-corrected chi connectivity index (χ3v) is 2.69. The van der Waals surface area contributed by atoms with Crippen molar-refractivity contribution in [2.45, 2.75) is 13.8 Å². The average Bonchev–Trinajstić information content (AvgIpc) is 2.40. The molecule has 1 aromatic rings. The second-order valence-corrected chi connectivity index (χ2v) is 4.07. The van der Waals surface area contributed by atoms with Gasteiger partial charge in [-0.25, -0.2) is 0 Å². The normalized spacial score (nSPS) is 10.5. The molecule has 1 aromatic carbocycles. The van der Waals surface area contributed by atoms with E-state index in [1.165, 1.54) is 0 Å². The summed E-state index contributed by atoms with van der Waals surface area (Å²) < 4.78 is 5.45. The Kier molecular flexibility index (Phi) is 6.92. The number of aliphatic hydroxyl groups excluding tert-OH is 1. The van der Waals surface area contributed by atoms with Crippen LogP contribution in [0.25, 0.3) is 0 Å². The van der Waals surface area contributed by atoms with Gasteiger partial charge in [-0.15, -0.1) is 0 Å². The molecule has 0 saturated carbocycles. The van der Waals surface area contributed by atoms with E-state index in [0.29, 0.717) is 24.6 Å². The monoisotopic (exact) mass is 266 g/mol. The summed E-state index contributed by atoms with van der Waals surface area (Å²) in [4.78, 5) is 13.8. The van der Waals surface area contributed by atoms with E-state index in [0.717, 1.165) is 6.54 Å². The Hall–Kier alpha value is -1.59. The van der Waals surface area contributed by atoms with Gasteiger partial charge in [0.2, 0.25) is 5.91 Å². The smallest absolute Gasteiger partial charge is 0.238 e. The molecular weight excluding hydrogens is 244 g/mol. The van der Waals surface area contributed by atoms with Gasteiger partial charge in [0.1, 0.15) is 5.75 Å². The van der Waals surface area contributed by atoms with Crippen molar-refractivity contribution in [3.05, 3.63) is 24.3 Å². The maximum atomic E-state index is 11.9. The number of para-hydroxylation sites is 2. The molecule has 0 saturated heterocycles. The summed E-state index contributed by atoms with van der Waals surface area (Å²) in [5, 5.41) is 11.7. The number of amides is 1. The van der Waals surface area contributed by atoms with E-state index in [9.17, 15) is 4.79 Å². The van der Waals surface area contributed by atoms with Gasteiger partial charge in [0.25, 0.3) is 0 Å². The molecule has 2 N–H and O–H groups in total. The Morgan fingerprint density at radius 2 is 2.11 bits per heavy atom. The largest absolute Gasteiger partial charge is 0.492 e. The Morgan fingerprint density at radius 3 is 2.74 bits per heavy atom. The molecule has 0 aliphatic heterocycles. The third kappa shape index (κ3) is 5.28. The second-order valence-electron chi connectivity index (χ2n) is 4.07. The highest BCUT2D eigenvalue weighted by Gasteiger charge is 2.10. The van der Waals surface area contributed by atoms with Crippen LogP contribution >= 0.6 is 0 Å². The van der Waals surface area contributed by atoms with Crippen LogP contribution in [0, 0.1) is 0 Å². The molecule has 1 rings (SSSR count). The molecule has 5 heteroatoms. The zero-order chi connectivity index (χ0) is 14.1. The van der Waals surface area contributed by atoms with Crippen molar-refractivity contribution in [2.24, 2.45) is 0 Å². The molecule has 1 amide bonds. The van der Waals surface area contributed by atoms with E-state index < -0.39 is 0 Å². The highest BCUT2D eigenvalue weighted by molar-refractivity contribution is 5.93. The summed E-state index contributed by atoms with van der Waals surface area (Å²) >= 11 is 0. The molecular formula is C14H22N2O3.